The van der Waals surface area contributed by atoms with Gasteiger partial charge < -0.3 is 15.2 Å². The highest BCUT2D eigenvalue weighted by Crippen LogP contribution is 2.17. The molecule has 0 saturated heterocycles. The van der Waals surface area contributed by atoms with Crippen molar-refractivity contribution in [2.75, 3.05) is 31.6 Å². The zero-order chi connectivity index (χ0) is 15.7. The van der Waals surface area contributed by atoms with Crippen molar-refractivity contribution in [1.82, 2.24) is 4.90 Å². The molecule has 1 rings (SSSR count). The molecule has 0 radical (unpaired) electrons. The van der Waals surface area contributed by atoms with Crippen molar-refractivity contribution >= 4 is 17.6 Å². The van der Waals surface area contributed by atoms with Gasteiger partial charge in [0.25, 0.3) is 0 Å². The van der Waals surface area contributed by atoms with Gasteiger partial charge in [-0.2, -0.15) is 0 Å². The Morgan fingerprint density at radius 1 is 1.19 bits per heavy atom. The number of rotatable bonds is 9. The number of amides is 1. The molecular formula is C15H22N2O4. The Kier molecular flexibility index (Phi) is 7.42. The number of hydrogen-bond acceptors (Lipinski definition) is 4. The van der Waals surface area contributed by atoms with E-state index in [0.29, 0.717) is 0 Å². The lowest BCUT2D eigenvalue weighted by atomic mass is 10.1. The largest absolute Gasteiger partial charge is 0.480 e. The zero-order valence-electron chi connectivity index (χ0n) is 12.5. The number of carbonyl (C=O) groups excluding carboxylic acids is 1. The molecule has 0 unspecified atom stereocenters. The van der Waals surface area contributed by atoms with Crippen molar-refractivity contribution in [3.8, 4) is 0 Å². The summed E-state index contributed by atoms with van der Waals surface area (Å²) in [5.41, 5.74) is 1.75. The smallest absolute Gasteiger partial charge is 0.329 e. The van der Waals surface area contributed by atoms with E-state index in [4.69, 9.17) is 9.84 Å². The molecule has 6 heteroatoms. The van der Waals surface area contributed by atoms with Gasteiger partial charge in [0.2, 0.25) is 5.91 Å². The maximum absolute atomic E-state index is 11.7. The van der Waals surface area contributed by atoms with Gasteiger partial charge in [0.05, 0.1) is 0 Å². The van der Waals surface area contributed by atoms with Gasteiger partial charge in [-0.1, -0.05) is 32.0 Å². The minimum Gasteiger partial charge on any atom is -0.480 e. The number of carboxylic acids is 1. The first-order chi connectivity index (χ1) is 10.1. The van der Waals surface area contributed by atoms with E-state index in [9.17, 15) is 9.59 Å². The Morgan fingerprint density at radius 2 is 1.86 bits per heavy atom. The molecule has 0 spiro atoms. The molecule has 116 valence electrons. The predicted molar refractivity (Wildman–Crippen MR) is 80.2 cm³/mol. The number of anilines is 1. The predicted octanol–water partition coefficient (Wildman–Crippen LogP) is 1.57. The van der Waals surface area contributed by atoms with Crippen LogP contribution >= 0.6 is 0 Å². The lowest BCUT2D eigenvalue weighted by Gasteiger charge is -2.20. The molecule has 0 atom stereocenters. The van der Waals surface area contributed by atoms with Crippen molar-refractivity contribution in [2.45, 2.75) is 20.4 Å². The fourth-order valence-corrected chi connectivity index (χ4v) is 1.89. The van der Waals surface area contributed by atoms with Gasteiger partial charge in [-0.05, 0) is 24.7 Å². The van der Waals surface area contributed by atoms with Crippen molar-refractivity contribution < 1.29 is 19.4 Å². The molecule has 0 aromatic heterocycles. The lowest BCUT2D eigenvalue weighted by Crippen LogP contribution is -2.24. The van der Waals surface area contributed by atoms with E-state index in [1.807, 2.05) is 24.3 Å². The van der Waals surface area contributed by atoms with Crippen LogP contribution in [0.5, 0.6) is 0 Å². The van der Waals surface area contributed by atoms with Gasteiger partial charge in [-0.25, -0.2) is 4.79 Å². The third-order valence-corrected chi connectivity index (χ3v) is 3.04. The minimum absolute atomic E-state index is 0.272. The SMILES string of the molecule is CCN(CC)Cc1ccccc1NC(=O)COCC(=O)O. The number of nitrogens with one attached hydrogen (secondary N) is 1. The summed E-state index contributed by atoms with van der Waals surface area (Å²) < 4.78 is 4.77. The molecule has 1 aromatic rings. The molecule has 2 N–H and O–H groups in total. The highest BCUT2D eigenvalue weighted by Gasteiger charge is 2.09. The highest BCUT2D eigenvalue weighted by molar-refractivity contribution is 5.92. The summed E-state index contributed by atoms with van der Waals surface area (Å²) in [6, 6.07) is 7.56. The topological polar surface area (TPSA) is 78.9 Å². The number of nitrogens with zero attached hydrogens (tertiary/aromatic N) is 1. The number of aliphatic carboxylic acids is 1. The molecule has 0 saturated carbocycles. The number of benzene rings is 1. The fraction of sp³-hybridized carbons (Fsp3) is 0.467. The first-order valence-corrected chi connectivity index (χ1v) is 6.96. The Balaban J connectivity index is 2.61. The molecule has 1 amide bonds. The van der Waals surface area contributed by atoms with Gasteiger partial charge in [0, 0.05) is 12.2 Å². The first-order valence-electron chi connectivity index (χ1n) is 6.96. The molecule has 0 aliphatic carbocycles. The van der Waals surface area contributed by atoms with E-state index >= 15 is 0 Å². The maximum Gasteiger partial charge on any atom is 0.329 e. The molecule has 0 aliphatic rings. The van der Waals surface area contributed by atoms with Gasteiger partial charge in [0.15, 0.2) is 0 Å². The van der Waals surface area contributed by atoms with Crippen LogP contribution in [0.3, 0.4) is 0 Å². The van der Waals surface area contributed by atoms with Crippen molar-refractivity contribution in [1.29, 1.82) is 0 Å². The van der Waals surface area contributed by atoms with E-state index in [0.717, 1.165) is 30.9 Å². The Morgan fingerprint density at radius 3 is 2.48 bits per heavy atom. The first kappa shape index (κ1) is 17.1. The summed E-state index contributed by atoms with van der Waals surface area (Å²) in [7, 11) is 0. The second-order valence-electron chi connectivity index (χ2n) is 4.55. The van der Waals surface area contributed by atoms with Crippen LogP contribution in [-0.2, 0) is 20.9 Å². The van der Waals surface area contributed by atoms with Crippen LogP contribution in [0, 0.1) is 0 Å². The van der Waals surface area contributed by atoms with E-state index < -0.39 is 12.6 Å². The van der Waals surface area contributed by atoms with Crippen molar-refractivity contribution in [3.05, 3.63) is 29.8 Å². The van der Waals surface area contributed by atoms with E-state index in [2.05, 4.69) is 24.1 Å². The number of carbonyl (C=O) groups is 2. The Hall–Kier alpha value is -1.92. The molecular weight excluding hydrogens is 272 g/mol. The van der Waals surface area contributed by atoms with E-state index in [1.54, 1.807) is 0 Å². The summed E-state index contributed by atoms with van der Waals surface area (Å²) in [5.74, 6) is -1.45. The number of hydrogen-bond donors (Lipinski definition) is 2. The molecule has 0 aliphatic heterocycles. The average Bonchev–Trinajstić information content (AvgIpc) is 2.46. The number of ether oxygens (including phenoxy) is 1. The monoisotopic (exact) mass is 294 g/mol. The number of para-hydroxylation sites is 1. The highest BCUT2D eigenvalue weighted by atomic mass is 16.5. The van der Waals surface area contributed by atoms with Gasteiger partial charge >= 0.3 is 5.97 Å². The minimum atomic E-state index is -1.09. The lowest BCUT2D eigenvalue weighted by molar-refractivity contribution is -0.143. The van der Waals surface area contributed by atoms with Gasteiger partial charge in [-0.3, -0.25) is 9.69 Å². The molecule has 21 heavy (non-hydrogen) atoms. The molecule has 1 aromatic carbocycles. The van der Waals surface area contributed by atoms with Crippen LogP contribution < -0.4 is 5.32 Å². The summed E-state index contributed by atoms with van der Waals surface area (Å²) in [5, 5.41) is 11.2. The quantitative estimate of drug-likeness (QED) is 0.722. The van der Waals surface area contributed by atoms with Crippen molar-refractivity contribution in [2.24, 2.45) is 0 Å². The third-order valence-electron chi connectivity index (χ3n) is 3.04. The summed E-state index contributed by atoms with van der Waals surface area (Å²) in [4.78, 5) is 24.3. The van der Waals surface area contributed by atoms with Crippen LogP contribution in [-0.4, -0.2) is 48.2 Å². The number of carboxylic acid groups (broad SMARTS) is 1. The fourth-order valence-electron chi connectivity index (χ4n) is 1.89. The van der Waals surface area contributed by atoms with Crippen LogP contribution in [0.2, 0.25) is 0 Å². The standard InChI is InChI=1S/C15H22N2O4/c1-3-17(4-2)9-12-7-5-6-8-13(12)16-14(18)10-21-11-15(19)20/h5-8H,3-4,9-11H2,1-2H3,(H,16,18)(H,19,20). The van der Waals surface area contributed by atoms with E-state index in [-0.39, 0.29) is 12.5 Å². The second-order valence-corrected chi connectivity index (χ2v) is 4.55. The van der Waals surface area contributed by atoms with Gasteiger partial charge in [0.1, 0.15) is 13.2 Å². The third kappa shape index (κ3) is 6.37. The van der Waals surface area contributed by atoms with Crippen LogP contribution in [0.25, 0.3) is 0 Å². The maximum atomic E-state index is 11.7. The Bertz CT molecular complexity index is 472. The molecule has 0 heterocycles. The van der Waals surface area contributed by atoms with Crippen LogP contribution in [0.1, 0.15) is 19.4 Å². The summed E-state index contributed by atoms with van der Waals surface area (Å²) in [6.07, 6.45) is 0. The molecule has 0 fully saturated rings. The normalized spacial score (nSPS) is 10.6. The second kappa shape index (κ2) is 9.10. The van der Waals surface area contributed by atoms with E-state index in [1.165, 1.54) is 0 Å². The van der Waals surface area contributed by atoms with Crippen LogP contribution in [0.15, 0.2) is 24.3 Å². The molecule has 0 bridgehead atoms. The van der Waals surface area contributed by atoms with Crippen LogP contribution in [0.4, 0.5) is 5.69 Å². The van der Waals surface area contributed by atoms with Gasteiger partial charge in [-0.15, -0.1) is 0 Å². The summed E-state index contributed by atoms with van der Waals surface area (Å²) in [6.45, 7) is 6.04. The average molecular weight is 294 g/mol. The zero-order valence-corrected chi connectivity index (χ0v) is 12.5. The molecule has 6 nitrogen and oxygen atoms in total. The summed E-state index contributed by atoms with van der Waals surface area (Å²) >= 11 is 0. The Labute approximate surface area is 124 Å². The van der Waals surface area contributed by atoms with Crippen molar-refractivity contribution in [3.63, 3.8) is 0 Å².